The minimum atomic E-state index is -4.49. The van der Waals surface area contributed by atoms with E-state index in [4.69, 9.17) is 0 Å². The van der Waals surface area contributed by atoms with Crippen LogP contribution in [0.3, 0.4) is 0 Å². The number of hydrogen-bond donors (Lipinski definition) is 1. The average Bonchev–Trinajstić information content (AvgIpc) is 3.13. The van der Waals surface area contributed by atoms with E-state index in [0.717, 1.165) is 31.7 Å². The topological polar surface area (TPSA) is 59.3 Å². The van der Waals surface area contributed by atoms with Gasteiger partial charge in [-0.2, -0.15) is 13.2 Å². The summed E-state index contributed by atoms with van der Waals surface area (Å²) < 4.78 is 40.0. The lowest BCUT2D eigenvalue weighted by molar-refractivity contribution is -0.136. The van der Waals surface area contributed by atoms with Crippen molar-refractivity contribution in [2.24, 2.45) is 5.92 Å². The second-order valence-electron chi connectivity index (χ2n) is 5.86. The highest BCUT2D eigenvalue weighted by Crippen LogP contribution is 2.31. The van der Waals surface area contributed by atoms with Crippen molar-refractivity contribution in [3.05, 3.63) is 29.7 Å². The Morgan fingerprint density at radius 3 is 2.74 bits per heavy atom. The van der Waals surface area contributed by atoms with Crippen molar-refractivity contribution < 1.29 is 18.0 Å². The molecular formula is C15H17F3N4O. The van der Waals surface area contributed by atoms with Gasteiger partial charge in [0.1, 0.15) is 5.56 Å². The molecule has 2 heterocycles. The number of hydrogen-bond acceptors (Lipinski definition) is 3. The van der Waals surface area contributed by atoms with Crippen molar-refractivity contribution in [2.45, 2.75) is 44.8 Å². The molecule has 23 heavy (non-hydrogen) atoms. The summed E-state index contributed by atoms with van der Waals surface area (Å²) in [6.45, 7) is 0.0635. The maximum atomic E-state index is 12.9. The average molecular weight is 326 g/mol. The number of carbonyl (C=O) groups is 1. The number of pyridine rings is 1. The van der Waals surface area contributed by atoms with Gasteiger partial charge in [0, 0.05) is 12.6 Å². The lowest BCUT2D eigenvalue weighted by atomic mass is 10.0. The molecule has 0 aliphatic heterocycles. The summed E-state index contributed by atoms with van der Waals surface area (Å²) in [7, 11) is 0. The fourth-order valence-corrected chi connectivity index (χ4v) is 3.03. The molecule has 3 rings (SSSR count). The zero-order valence-electron chi connectivity index (χ0n) is 12.4. The standard InChI is InChI=1S/C15H17F3N4O/c16-15(17,18)11-6-3-7-22-12(20-21-14(11)22)9-19-13(23)8-10-4-1-2-5-10/h3,6-7,10H,1-2,4-5,8-9H2,(H,19,23). The number of aromatic nitrogens is 3. The second-order valence-corrected chi connectivity index (χ2v) is 5.86. The summed E-state index contributed by atoms with van der Waals surface area (Å²) in [6.07, 6.45) is 1.89. The minimum absolute atomic E-state index is 0.0635. The van der Waals surface area contributed by atoms with Gasteiger partial charge < -0.3 is 5.32 Å². The fraction of sp³-hybridized carbons (Fsp3) is 0.533. The molecule has 1 fully saturated rings. The third kappa shape index (κ3) is 3.46. The summed E-state index contributed by atoms with van der Waals surface area (Å²) in [6, 6.07) is 2.26. The van der Waals surface area contributed by atoms with Crippen LogP contribution in [0.4, 0.5) is 13.2 Å². The SMILES string of the molecule is O=C(CC1CCCC1)NCc1nnc2c(C(F)(F)F)cccn12. The first kappa shape index (κ1) is 15.8. The molecule has 0 bridgehead atoms. The number of nitrogens with one attached hydrogen (secondary N) is 1. The van der Waals surface area contributed by atoms with E-state index in [1.807, 2.05) is 0 Å². The Morgan fingerprint density at radius 1 is 1.30 bits per heavy atom. The van der Waals surface area contributed by atoms with Crippen molar-refractivity contribution in [3.63, 3.8) is 0 Å². The van der Waals surface area contributed by atoms with Crippen LogP contribution in [0.1, 0.15) is 43.5 Å². The maximum absolute atomic E-state index is 12.9. The van der Waals surface area contributed by atoms with Crippen LogP contribution in [0.25, 0.3) is 5.65 Å². The highest BCUT2D eigenvalue weighted by Gasteiger charge is 2.34. The molecule has 1 aliphatic carbocycles. The van der Waals surface area contributed by atoms with Crippen LogP contribution in [0.5, 0.6) is 0 Å². The third-order valence-electron chi connectivity index (χ3n) is 4.20. The number of rotatable bonds is 4. The van der Waals surface area contributed by atoms with Gasteiger partial charge in [0.05, 0.1) is 6.54 Å². The van der Waals surface area contributed by atoms with Crippen molar-refractivity contribution in [1.29, 1.82) is 0 Å². The van der Waals surface area contributed by atoms with Crippen molar-refractivity contribution >= 4 is 11.6 Å². The highest BCUT2D eigenvalue weighted by molar-refractivity contribution is 5.76. The lowest BCUT2D eigenvalue weighted by Gasteiger charge is -2.09. The summed E-state index contributed by atoms with van der Waals surface area (Å²) in [5, 5.41) is 10.1. The van der Waals surface area contributed by atoms with Gasteiger partial charge >= 0.3 is 6.18 Å². The number of nitrogens with zero attached hydrogens (tertiary/aromatic N) is 3. The molecule has 0 unspecified atom stereocenters. The predicted molar refractivity (Wildman–Crippen MR) is 76.4 cm³/mol. The van der Waals surface area contributed by atoms with Crippen LogP contribution >= 0.6 is 0 Å². The summed E-state index contributed by atoms with van der Waals surface area (Å²) in [5.74, 6) is 0.605. The normalized spacial score (nSPS) is 16.1. The largest absolute Gasteiger partial charge is 0.420 e. The fourth-order valence-electron chi connectivity index (χ4n) is 3.03. The Hall–Kier alpha value is -2.12. The molecule has 1 amide bonds. The number of alkyl halides is 3. The van der Waals surface area contributed by atoms with E-state index in [0.29, 0.717) is 12.3 Å². The molecule has 2 aromatic rings. The first-order valence-electron chi connectivity index (χ1n) is 7.61. The third-order valence-corrected chi connectivity index (χ3v) is 4.20. The molecule has 2 aromatic heterocycles. The zero-order chi connectivity index (χ0) is 16.4. The van der Waals surface area contributed by atoms with Crippen LogP contribution in [0, 0.1) is 5.92 Å². The van der Waals surface area contributed by atoms with Crippen LogP contribution in [0.2, 0.25) is 0 Å². The van der Waals surface area contributed by atoms with Crippen molar-refractivity contribution in [2.75, 3.05) is 0 Å². The highest BCUT2D eigenvalue weighted by atomic mass is 19.4. The molecule has 0 aromatic carbocycles. The predicted octanol–water partition coefficient (Wildman–Crippen LogP) is 2.94. The summed E-state index contributed by atoms with van der Waals surface area (Å²) in [4.78, 5) is 11.9. The molecule has 0 spiro atoms. The smallest absolute Gasteiger partial charge is 0.349 e. The monoisotopic (exact) mass is 326 g/mol. The Balaban J connectivity index is 1.70. The quantitative estimate of drug-likeness (QED) is 0.940. The van der Waals surface area contributed by atoms with Gasteiger partial charge in [0.2, 0.25) is 5.91 Å². The van der Waals surface area contributed by atoms with Gasteiger partial charge in [-0.1, -0.05) is 12.8 Å². The van der Waals surface area contributed by atoms with E-state index >= 15 is 0 Å². The molecule has 0 saturated heterocycles. The Morgan fingerprint density at radius 2 is 2.04 bits per heavy atom. The minimum Gasteiger partial charge on any atom is -0.349 e. The van der Waals surface area contributed by atoms with E-state index in [-0.39, 0.29) is 23.9 Å². The van der Waals surface area contributed by atoms with Crippen LogP contribution in [-0.4, -0.2) is 20.5 Å². The van der Waals surface area contributed by atoms with Crippen LogP contribution < -0.4 is 5.32 Å². The van der Waals surface area contributed by atoms with Gasteiger partial charge in [-0.3, -0.25) is 9.20 Å². The number of carbonyl (C=O) groups excluding carboxylic acids is 1. The maximum Gasteiger partial charge on any atom is 0.420 e. The number of halogens is 3. The van der Waals surface area contributed by atoms with Gasteiger partial charge in [0.15, 0.2) is 11.5 Å². The number of fused-ring (bicyclic) bond motifs is 1. The van der Waals surface area contributed by atoms with Crippen LogP contribution in [0.15, 0.2) is 18.3 Å². The molecule has 124 valence electrons. The first-order valence-corrected chi connectivity index (χ1v) is 7.61. The Bertz CT molecular complexity index is 704. The molecule has 1 N–H and O–H groups in total. The molecular weight excluding hydrogens is 309 g/mol. The Labute approximate surface area is 130 Å². The van der Waals surface area contributed by atoms with Crippen molar-refractivity contribution in [1.82, 2.24) is 19.9 Å². The van der Waals surface area contributed by atoms with E-state index in [1.54, 1.807) is 0 Å². The molecule has 1 saturated carbocycles. The molecule has 1 aliphatic rings. The molecule has 8 heteroatoms. The van der Waals surface area contributed by atoms with E-state index in [2.05, 4.69) is 15.5 Å². The number of amides is 1. The van der Waals surface area contributed by atoms with E-state index in [9.17, 15) is 18.0 Å². The van der Waals surface area contributed by atoms with E-state index < -0.39 is 11.7 Å². The zero-order valence-corrected chi connectivity index (χ0v) is 12.4. The van der Waals surface area contributed by atoms with E-state index in [1.165, 1.54) is 16.7 Å². The summed E-state index contributed by atoms with van der Waals surface area (Å²) >= 11 is 0. The first-order chi connectivity index (χ1) is 10.9. The Kier molecular flexibility index (Phi) is 4.23. The summed E-state index contributed by atoms with van der Waals surface area (Å²) in [5.41, 5.74) is -1.09. The second kappa shape index (κ2) is 6.17. The van der Waals surface area contributed by atoms with Gasteiger partial charge in [-0.15, -0.1) is 10.2 Å². The molecule has 5 nitrogen and oxygen atoms in total. The van der Waals surface area contributed by atoms with Gasteiger partial charge in [0.25, 0.3) is 0 Å². The van der Waals surface area contributed by atoms with Gasteiger partial charge in [-0.05, 0) is 30.9 Å². The van der Waals surface area contributed by atoms with Crippen molar-refractivity contribution in [3.8, 4) is 0 Å². The lowest BCUT2D eigenvalue weighted by Crippen LogP contribution is -2.25. The molecule has 0 atom stereocenters. The molecule has 0 radical (unpaired) electrons. The van der Waals surface area contributed by atoms with Crippen LogP contribution in [-0.2, 0) is 17.5 Å². The van der Waals surface area contributed by atoms with Gasteiger partial charge in [-0.25, -0.2) is 0 Å².